The van der Waals surface area contributed by atoms with Crippen molar-refractivity contribution in [2.24, 2.45) is 0 Å². The van der Waals surface area contributed by atoms with E-state index < -0.39 is 5.60 Å². The van der Waals surface area contributed by atoms with Gasteiger partial charge in [-0.25, -0.2) is 0 Å². The Kier molecular flexibility index (Phi) is 3.11. The van der Waals surface area contributed by atoms with E-state index in [1.807, 2.05) is 43.3 Å². The Hall–Kier alpha value is -1.54. The van der Waals surface area contributed by atoms with Crippen LogP contribution in [0.25, 0.3) is 0 Å². The SMILES string of the molecule is CCC(O)(Cc1ccccc1)c1ccoc1. The highest BCUT2D eigenvalue weighted by molar-refractivity contribution is 5.23. The predicted octanol–water partition coefficient (Wildman–Crippen LogP) is 3.12. The molecule has 1 unspecified atom stereocenters. The molecular formula is C14H16O2. The van der Waals surface area contributed by atoms with E-state index in [2.05, 4.69) is 0 Å². The van der Waals surface area contributed by atoms with E-state index >= 15 is 0 Å². The fourth-order valence-corrected chi connectivity index (χ4v) is 1.89. The molecule has 1 N–H and O–H groups in total. The first-order valence-corrected chi connectivity index (χ1v) is 5.53. The zero-order valence-electron chi connectivity index (χ0n) is 9.39. The highest BCUT2D eigenvalue weighted by atomic mass is 16.3. The number of benzene rings is 1. The van der Waals surface area contributed by atoms with Crippen LogP contribution in [0.4, 0.5) is 0 Å². The van der Waals surface area contributed by atoms with Gasteiger partial charge in [0, 0.05) is 12.0 Å². The summed E-state index contributed by atoms with van der Waals surface area (Å²) in [6, 6.07) is 11.8. The minimum absolute atomic E-state index is 0.615. The van der Waals surface area contributed by atoms with Gasteiger partial charge in [0.1, 0.15) is 0 Å². The summed E-state index contributed by atoms with van der Waals surface area (Å²) in [5.74, 6) is 0. The molecule has 0 radical (unpaired) electrons. The van der Waals surface area contributed by atoms with Crippen LogP contribution < -0.4 is 0 Å². The summed E-state index contributed by atoms with van der Waals surface area (Å²) in [7, 11) is 0. The monoisotopic (exact) mass is 216 g/mol. The van der Waals surface area contributed by atoms with Gasteiger partial charge in [-0.2, -0.15) is 0 Å². The van der Waals surface area contributed by atoms with Crippen LogP contribution in [0.2, 0.25) is 0 Å². The summed E-state index contributed by atoms with van der Waals surface area (Å²) in [5, 5.41) is 10.6. The van der Waals surface area contributed by atoms with E-state index in [4.69, 9.17) is 4.42 Å². The van der Waals surface area contributed by atoms with E-state index in [0.29, 0.717) is 12.8 Å². The number of aliphatic hydroxyl groups is 1. The van der Waals surface area contributed by atoms with Gasteiger partial charge in [-0.3, -0.25) is 0 Å². The molecule has 2 nitrogen and oxygen atoms in total. The highest BCUT2D eigenvalue weighted by Crippen LogP contribution is 2.29. The van der Waals surface area contributed by atoms with Gasteiger partial charge in [0.25, 0.3) is 0 Å². The van der Waals surface area contributed by atoms with Crippen molar-refractivity contribution < 1.29 is 9.52 Å². The normalized spacial score (nSPS) is 14.6. The number of hydrogen-bond donors (Lipinski definition) is 1. The van der Waals surface area contributed by atoms with Crippen molar-refractivity contribution in [3.8, 4) is 0 Å². The molecule has 1 heterocycles. The molecular weight excluding hydrogens is 200 g/mol. The summed E-state index contributed by atoms with van der Waals surface area (Å²) in [6.07, 6.45) is 4.50. The van der Waals surface area contributed by atoms with Crippen LogP contribution in [0.5, 0.6) is 0 Å². The van der Waals surface area contributed by atoms with Crippen LogP contribution in [0.1, 0.15) is 24.5 Å². The van der Waals surface area contributed by atoms with Crippen molar-refractivity contribution in [2.75, 3.05) is 0 Å². The van der Waals surface area contributed by atoms with E-state index in [0.717, 1.165) is 11.1 Å². The second-order valence-electron chi connectivity index (χ2n) is 4.06. The maximum absolute atomic E-state index is 10.6. The topological polar surface area (TPSA) is 33.4 Å². The Bertz CT molecular complexity index is 419. The lowest BCUT2D eigenvalue weighted by atomic mass is 9.87. The van der Waals surface area contributed by atoms with Gasteiger partial charge in [-0.05, 0) is 18.1 Å². The van der Waals surface area contributed by atoms with Gasteiger partial charge in [0.05, 0.1) is 18.1 Å². The number of rotatable bonds is 4. The lowest BCUT2D eigenvalue weighted by Crippen LogP contribution is -2.26. The molecule has 2 aromatic rings. The van der Waals surface area contributed by atoms with E-state index in [1.54, 1.807) is 12.5 Å². The Labute approximate surface area is 95.5 Å². The molecule has 0 aliphatic heterocycles. The van der Waals surface area contributed by atoms with E-state index in [1.165, 1.54) is 0 Å². The molecule has 0 fully saturated rings. The second kappa shape index (κ2) is 4.54. The molecule has 16 heavy (non-hydrogen) atoms. The Balaban J connectivity index is 2.23. The first-order valence-electron chi connectivity index (χ1n) is 5.53. The van der Waals surface area contributed by atoms with Crippen LogP contribution >= 0.6 is 0 Å². The molecule has 2 rings (SSSR count). The second-order valence-corrected chi connectivity index (χ2v) is 4.06. The minimum atomic E-state index is -0.825. The average Bonchev–Trinajstić information content (AvgIpc) is 2.84. The highest BCUT2D eigenvalue weighted by Gasteiger charge is 2.28. The van der Waals surface area contributed by atoms with Gasteiger partial charge < -0.3 is 9.52 Å². The van der Waals surface area contributed by atoms with E-state index in [-0.39, 0.29) is 0 Å². The predicted molar refractivity (Wildman–Crippen MR) is 63.0 cm³/mol. The van der Waals surface area contributed by atoms with Crippen LogP contribution in [-0.4, -0.2) is 5.11 Å². The lowest BCUT2D eigenvalue weighted by molar-refractivity contribution is 0.0321. The molecule has 0 aliphatic rings. The van der Waals surface area contributed by atoms with Crippen molar-refractivity contribution in [2.45, 2.75) is 25.4 Å². The van der Waals surface area contributed by atoms with Crippen molar-refractivity contribution in [3.63, 3.8) is 0 Å². The van der Waals surface area contributed by atoms with Crippen LogP contribution in [0.3, 0.4) is 0 Å². The first-order chi connectivity index (χ1) is 7.74. The Morgan fingerprint density at radius 1 is 1.19 bits per heavy atom. The van der Waals surface area contributed by atoms with Crippen molar-refractivity contribution in [1.82, 2.24) is 0 Å². The fraction of sp³-hybridized carbons (Fsp3) is 0.286. The maximum Gasteiger partial charge on any atom is 0.0964 e. The molecule has 0 amide bonds. The zero-order chi connectivity index (χ0) is 11.4. The van der Waals surface area contributed by atoms with Gasteiger partial charge >= 0.3 is 0 Å². The van der Waals surface area contributed by atoms with E-state index in [9.17, 15) is 5.11 Å². The zero-order valence-corrected chi connectivity index (χ0v) is 9.39. The van der Waals surface area contributed by atoms with Crippen LogP contribution in [0, 0.1) is 0 Å². The fourth-order valence-electron chi connectivity index (χ4n) is 1.89. The summed E-state index contributed by atoms with van der Waals surface area (Å²) >= 11 is 0. The summed E-state index contributed by atoms with van der Waals surface area (Å²) in [6.45, 7) is 1.98. The first kappa shape index (κ1) is 11.0. The molecule has 0 bridgehead atoms. The minimum Gasteiger partial charge on any atom is -0.472 e. The van der Waals surface area contributed by atoms with Crippen LogP contribution in [-0.2, 0) is 12.0 Å². The molecule has 0 saturated carbocycles. The summed E-state index contributed by atoms with van der Waals surface area (Å²) in [5.41, 5.74) is 1.15. The molecule has 2 heteroatoms. The Morgan fingerprint density at radius 3 is 2.50 bits per heavy atom. The molecule has 0 aliphatic carbocycles. The van der Waals surface area contributed by atoms with Gasteiger partial charge in [-0.1, -0.05) is 37.3 Å². The number of furan rings is 1. The van der Waals surface area contributed by atoms with Crippen molar-refractivity contribution >= 4 is 0 Å². The largest absolute Gasteiger partial charge is 0.472 e. The third-order valence-corrected chi connectivity index (χ3v) is 2.98. The lowest BCUT2D eigenvalue weighted by Gasteiger charge is -2.25. The summed E-state index contributed by atoms with van der Waals surface area (Å²) in [4.78, 5) is 0. The van der Waals surface area contributed by atoms with Crippen molar-refractivity contribution in [3.05, 3.63) is 60.1 Å². The molecule has 1 atom stereocenters. The maximum atomic E-state index is 10.6. The molecule has 1 aromatic heterocycles. The smallest absolute Gasteiger partial charge is 0.0964 e. The average molecular weight is 216 g/mol. The molecule has 84 valence electrons. The molecule has 1 aromatic carbocycles. The summed E-state index contributed by atoms with van der Waals surface area (Å²) < 4.78 is 5.04. The quantitative estimate of drug-likeness (QED) is 0.851. The standard InChI is InChI=1S/C14H16O2/c1-2-14(15,13-8-9-16-11-13)10-12-6-4-3-5-7-12/h3-9,11,15H,2,10H2,1H3. The van der Waals surface area contributed by atoms with Gasteiger partial charge in [0.15, 0.2) is 0 Å². The molecule has 0 saturated heterocycles. The third kappa shape index (κ3) is 2.17. The van der Waals surface area contributed by atoms with Gasteiger partial charge in [0.2, 0.25) is 0 Å². The third-order valence-electron chi connectivity index (χ3n) is 2.98. The molecule has 0 spiro atoms. The number of hydrogen-bond acceptors (Lipinski definition) is 2. The Morgan fingerprint density at radius 2 is 1.94 bits per heavy atom. The van der Waals surface area contributed by atoms with Crippen molar-refractivity contribution in [1.29, 1.82) is 0 Å². The van der Waals surface area contributed by atoms with Crippen LogP contribution in [0.15, 0.2) is 53.3 Å². The van der Waals surface area contributed by atoms with Gasteiger partial charge in [-0.15, -0.1) is 0 Å².